The summed E-state index contributed by atoms with van der Waals surface area (Å²) < 4.78 is 53.2. The number of carbonyl (C=O) groups excluding carboxylic acids is 4. The Kier molecular flexibility index (Phi) is 7.14. The molecule has 1 N–H and O–H groups in total. The summed E-state index contributed by atoms with van der Waals surface area (Å²) in [6, 6.07) is -0.0171. The van der Waals surface area contributed by atoms with Gasteiger partial charge in [-0.15, -0.1) is 0 Å². The summed E-state index contributed by atoms with van der Waals surface area (Å²) >= 11 is 0. The van der Waals surface area contributed by atoms with Crippen molar-refractivity contribution < 1.29 is 36.7 Å². The van der Waals surface area contributed by atoms with Crippen LogP contribution in [-0.4, -0.2) is 76.7 Å². The number of hydrogen-bond acceptors (Lipinski definition) is 4. The molecule has 1 spiro atoms. The van der Waals surface area contributed by atoms with Crippen LogP contribution in [0.3, 0.4) is 0 Å². The van der Waals surface area contributed by atoms with Crippen molar-refractivity contribution in [2.75, 3.05) is 26.7 Å². The first-order valence-electron chi connectivity index (χ1n) is 11.3. The molecule has 3 rings (SSSR count). The van der Waals surface area contributed by atoms with E-state index in [2.05, 4.69) is 5.32 Å². The Bertz CT molecular complexity index is 1030. The zero-order valence-electron chi connectivity index (χ0n) is 19.9. The van der Waals surface area contributed by atoms with Crippen LogP contribution in [0, 0.1) is 11.7 Å². The van der Waals surface area contributed by atoms with Crippen LogP contribution < -0.4 is 5.32 Å². The van der Waals surface area contributed by atoms with E-state index < -0.39 is 58.5 Å². The molecule has 8 nitrogen and oxygen atoms in total. The molecule has 1 unspecified atom stereocenters. The highest BCUT2D eigenvalue weighted by atomic mass is 19.4. The summed E-state index contributed by atoms with van der Waals surface area (Å²) in [4.78, 5) is 55.1. The number of urea groups is 1. The maximum atomic E-state index is 14.2. The molecule has 35 heavy (non-hydrogen) atoms. The highest BCUT2D eigenvalue weighted by Gasteiger charge is 2.56. The number of hydrogen-bond donors (Lipinski definition) is 1. The Morgan fingerprint density at radius 1 is 1.14 bits per heavy atom. The van der Waals surface area contributed by atoms with Crippen LogP contribution in [0.5, 0.6) is 0 Å². The molecule has 0 aromatic heterocycles. The third-order valence-corrected chi connectivity index (χ3v) is 6.71. The second kappa shape index (κ2) is 9.46. The first-order valence-corrected chi connectivity index (χ1v) is 11.3. The van der Waals surface area contributed by atoms with E-state index in [-0.39, 0.29) is 31.8 Å². The van der Waals surface area contributed by atoms with Crippen molar-refractivity contribution in [1.29, 1.82) is 0 Å². The van der Waals surface area contributed by atoms with Crippen LogP contribution in [0.1, 0.15) is 49.5 Å². The van der Waals surface area contributed by atoms with Crippen molar-refractivity contribution >= 4 is 23.8 Å². The van der Waals surface area contributed by atoms with Crippen LogP contribution in [0.2, 0.25) is 0 Å². The summed E-state index contributed by atoms with van der Waals surface area (Å²) in [7, 11) is 1.41. The number of benzene rings is 1. The molecule has 2 fully saturated rings. The molecule has 2 saturated heterocycles. The fourth-order valence-corrected chi connectivity index (χ4v) is 4.70. The number of nitrogens with zero attached hydrogens (tertiary/aromatic N) is 3. The zero-order chi connectivity index (χ0) is 26.3. The van der Waals surface area contributed by atoms with Crippen molar-refractivity contribution in [3.63, 3.8) is 0 Å². The van der Waals surface area contributed by atoms with E-state index in [9.17, 15) is 36.7 Å². The zero-order valence-corrected chi connectivity index (χ0v) is 19.9. The lowest BCUT2D eigenvalue weighted by Gasteiger charge is -2.43. The van der Waals surface area contributed by atoms with Gasteiger partial charge in [-0.25, -0.2) is 9.18 Å². The predicted octanol–water partition coefficient (Wildman–Crippen LogP) is 2.87. The number of likely N-dealkylation sites (N-methyl/N-ethyl adjacent to an activating group) is 2. The third kappa shape index (κ3) is 4.70. The van der Waals surface area contributed by atoms with E-state index in [0.717, 1.165) is 4.90 Å². The highest BCUT2D eigenvalue weighted by Crippen LogP contribution is 2.37. The van der Waals surface area contributed by atoms with Crippen molar-refractivity contribution in [1.82, 2.24) is 20.0 Å². The molecule has 2 aliphatic heterocycles. The topological polar surface area (TPSA) is 90.0 Å². The van der Waals surface area contributed by atoms with Gasteiger partial charge in [0.2, 0.25) is 5.91 Å². The number of rotatable bonds is 5. The van der Waals surface area contributed by atoms with Crippen molar-refractivity contribution in [3.8, 4) is 0 Å². The average Bonchev–Trinajstić information content (AvgIpc) is 2.97. The smallest absolute Gasteiger partial charge is 0.341 e. The van der Waals surface area contributed by atoms with Gasteiger partial charge in [0.05, 0.1) is 11.1 Å². The summed E-state index contributed by atoms with van der Waals surface area (Å²) in [6.07, 6.45) is -4.34. The Hall–Kier alpha value is -3.18. The van der Waals surface area contributed by atoms with E-state index >= 15 is 0 Å². The van der Waals surface area contributed by atoms with Gasteiger partial charge in [-0.05, 0) is 43.9 Å². The SMILES string of the molecule is CCN1C(=O)N(C)C(=O)C12CCN(C(=O)C(NC(=O)c1cc(C(F)(F)F)ccc1F)C(C)C)CC2. The molecular weight excluding hydrogens is 472 g/mol. The Morgan fingerprint density at radius 2 is 1.74 bits per heavy atom. The van der Waals surface area contributed by atoms with E-state index in [4.69, 9.17) is 0 Å². The number of halogens is 4. The molecule has 0 saturated carbocycles. The molecule has 0 radical (unpaired) electrons. The minimum atomic E-state index is -4.76. The fourth-order valence-electron chi connectivity index (χ4n) is 4.70. The number of likely N-dealkylation sites (tertiary alicyclic amines) is 1. The van der Waals surface area contributed by atoms with E-state index in [0.29, 0.717) is 24.7 Å². The van der Waals surface area contributed by atoms with Crippen molar-refractivity contribution in [2.24, 2.45) is 5.92 Å². The quantitative estimate of drug-likeness (QED) is 0.498. The molecule has 12 heteroatoms. The molecule has 2 aliphatic rings. The highest BCUT2D eigenvalue weighted by molar-refractivity contribution is 6.07. The van der Waals surface area contributed by atoms with Crippen LogP contribution in [0.4, 0.5) is 22.4 Å². The first kappa shape index (κ1) is 26.4. The number of alkyl halides is 3. The van der Waals surface area contributed by atoms with Gasteiger partial charge < -0.3 is 15.1 Å². The van der Waals surface area contributed by atoms with Crippen molar-refractivity contribution in [3.05, 3.63) is 35.1 Å². The van der Waals surface area contributed by atoms with Gasteiger partial charge in [-0.1, -0.05) is 13.8 Å². The first-order chi connectivity index (χ1) is 16.2. The molecule has 1 aromatic carbocycles. The minimum Gasteiger partial charge on any atom is -0.341 e. The second-order valence-electron chi connectivity index (χ2n) is 9.14. The molecule has 0 bridgehead atoms. The average molecular weight is 500 g/mol. The summed E-state index contributed by atoms with van der Waals surface area (Å²) in [5.74, 6) is -3.55. The van der Waals surface area contributed by atoms with Crippen LogP contribution in [-0.2, 0) is 15.8 Å². The van der Waals surface area contributed by atoms with Gasteiger partial charge in [-0.3, -0.25) is 19.3 Å². The van der Waals surface area contributed by atoms with Gasteiger partial charge in [0, 0.05) is 26.7 Å². The molecule has 192 valence electrons. The van der Waals surface area contributed by atoms with Crippen LogP contribution >= 0.6 is 0 Å². The predicted molar refractivity (Wildman–Crippen MR) is 117 cm³/mol. The van der Waals surface area contributed by atoms with Gasteiger partial charge in [0.15, 0.2) is 0 Å². The fraction of sp³-hybridized carbons (Fsp3) is 0.565. The Labute approximate surface area is 200 Å². The van der Waals surface area contributed by atoms with Gasteiger partial charge in [-0.2, -0.15) is 13.2 Å². The number of piperidine rings is 1. The number of carbonyl (C=O) groups is 4. The summed E-state index contributed by atoms with van der Waals surface area (Å²) in [5.41, 5.74) is -3.03. The molecule has 2 heterocycles. The molecule has 1 atom stereocenters. The largest absolute Gasteiger partial charge is 0.416 e. The maximum Gasteiger partial charge on any atom is 0.416 e. The van der Waals surface area contributed by atoms with E-state index in [1.54, 1.807) is 20.8 Å². The number of nitrogens with one attached hydrogen (secondary N) is 1. The van der Waals surface area contributed by atoms with Crippen LogP contribution in [0.15, 0.2) is 18.2 Å². The number of imide groups is 1. The van der Waals surface area contributed by atoms with Crippen LogP contribution in [0.25, 0.3) is 0 Å². The lowest BCUT2D eigenvalue weighted by Crippen LogP contribution is -2.60. The van der Waals surface area contributed by atoms with E-state index in [1.807, 2.05) is 0 Å². The second-order valence-corrected chi connectivity index (χ2v) is 9.14. The lowest BCUT2D eigenvalue weighted by molar-refractivity contribution is -0.142. The number of amides is 5. The maximum absolute atomic E-state index is 14.2. The lowest BCUT2D eigenvalue weighted by atomic mass is 9.85. The minimum absolute atomic E-state index is 0.138. The molecule has 1 aromatic rings. The van der Waals surface area contributed by atoms with Gasteiger partial charge >= 0.3 is 12.2 Å². The molecule has 0 aliphatic carbocycles. The van der Waals surface area contributed by atoms with E-state index in [1.165, 1.54) is 16.8 Å². The van der Waals surface area contributed by atoms with Gasteiger partial charge in [0.1, 0.15) is 17.4 Å². The van der Waals surface area contributed by atoms with Gasteiger partial charge in [0.25, 0.3) is 11.8 Å². The molecular formula is C23H28F4N4O4. The normalized spacial score (nSPS) is 19.1. The van der Waals surface area contributed by atoms with Crippen molar-refractivity contribution in [2.45, 2.75) is 51.4 Å². The monoisotopic (exact) mass is 500 g/mol. The Morgan fingerprint density at radius 3 is 2.26 bits per heavy atom. The summed E-state index contributed by atoms with van der Waals surface area (Å²) in [5, 5.41) is 2.38. The standard InChI is InChI=1S/C23H28F4N4O4/c1-5-31-21(35)29(4)20(34)22(31)8-10-30(11-9-22)19(33)17(13(2)3)28-18(32)15-12-14(23(25,26)27)6-7-16(15)24/h6-7,12-13,17H,5,8-11H2,1-4H3,(H,28,32). The summed E-state index contributed by atoms with van der Waals surface area (Å²) in [6.45, 7) is 5.66. The Balaban J connectivity index is 1.76. The molecule has 5 amide bonds. The third-order valence-electron chi connectivity index (χ3n) is 6.71.